The van der Waals surface area contributed by atoms with E-state index in [2.05, 4.69) is 31.5 Å². The number of carbonyl (C=O) groups is 2. The number of nitrogens with zero attached hydrogens (tertiary/aromatic N) is 2. The number of aromatic nitrogens is 1. The van der Waals surface area contributed by atoms with E-state index in [1.54, 1.807) is 17.0 Å². The highest BCUT2D eigenvalue weighted by molar-refractivity contribution is 9.10. The maximum Gasteiger partial charge on any atom is 0.319 e. The standard InChI is InChI=1S/C18H19BrN4O3/c19-13-4-3-5-15(10-13)26-16-7-6-14(11-20-16)22-18(25)21-12-17(24)23-8-1-2-9-23/h3-7,10-11H,1-2,8-9,12H2,(H2,21,22,25). The normalized spacial score (nSPS) is 13.3. The quantitative estimate of drug-likeness (QED) is 0.779. The van der Waals surface area contributed by atoms with Crippen molar-refractivity contribution in [2.45, 2.75) is 12.8 Å². The largest absolute Gasteiger partial charge is 0.439 e. The maximum absolute atomic E-state index is 11.9. The van der Waals surface area contributed by atoms with E-state index in [9.17, 15) is 9.59 Å². The molecule has 1 saturated heterocycles. The van der Waals surface area contributed by atoms with E-state index in [0.29, 0.717) is 17.3 Å². The van der Waals surface area contributed by atoms with E-state index in [0.717, 1.165) is 30.4 Å². The summed E-state index contributed by atoms with van der Waals surface area (Å²) >= 11 is 3.38. The summed E-state index contributed by atoms with van der Waals surface area (Å²) in [5.74, 6) is 1.01. The summed E-state index contributed by atoms with van der Waals surface area (Å²) in [5, 5.41) is 5.20. The summed E-state index contributed by atoms with van der Waals surface area (Å²) in [6, 6.07) is 10.3. The van der Waals surface area contributed by atoms with Crippen LogP contribution in [-0.2, 0) is 4.79 Å². The first-order chi connectivity index (χ1) is 12.6. The van der Waals surface area contributed by atoms with Gasteiger partial charge < -0.3 is 20.3 Å². The predicted octanol–water partition coefficient (Wildman–Crippen LogP) is 3.38. The molecule has 2 heterocycles. The smallest absolute Gasteiger partial charge is 0.319 e. The minimum absolute atomic E-state index is 0.0106. The van der Waals surface area contributed by atoms with Gasteiger partial charge in [-0.2, -0.15) is 0 Å². The Bertz CT molecular complexity index is 776. The average Bonchev–Trinajstić information content (AvgIpc) is 3.16. The molecule has 7 nitrogen and oxygen atoms in total. The van der Waals surface area contributed by atoms with Crippen LogP contribution in [0.4, 0.5) is 10.5 Å². The third-order valence-corrected chi connectivity index (χ3v) is 4.36. The van der Waals surface area contributed by atoms with Gasteiger partial charge in [-0.3, -0.25) is 4.79 Å². The first kappa shape index (κ1) is 18.2. The lowest BCUT2D eigenvalue weighted by Crippen LogP contribution is -2.40. The van der Waals surface area contributed by atoms with Crippen molar-refractivity contribution < 1.29 is 14.3 Å². The summed E-state index contributed by atoms with van der Waals surface area (Å²) in [6.45, 7) is 1.53. The summed E-state index contributed by atoms with van der Waals surface area (Å²) in [6.07, 6.45) is 3.55. The number of anilines is 1. The van der Waals surface area contributed by atoms with Gasteiger partial charge in [-0.05, 0) is 37.1 Å². The van der Waals surface area contributed by atoms with Gasteiger partial charge in [0, 0.05) is 23.6 Å². The Labute approximate surface area is 159 Å². The van der Waals surface area contributed by atoms with Gasteiger partial charge in [-0.1, -0.05) is 22.0 Å². The van der Waals surface area contributed by atoms with E-state index in [1.807, 2.05) is 24.3 Å². The van der Waals surface area contributed by atoms with Crippen molar-refractivity contribution in [3.63, 3.8) is 0 Å². The molecule has 3 rings (SSSR count). The van der Waals surface area contributed by atoms with Gasteiger partial charge in [0.1, 0.15) is 5.75 Å². The Morgan fingerprint density at radius 1 is 1.19 bits per heavy atom. The van der Waals surface area contributed by atoms with Crippen LogP contribution in [0.5, 0.6) is 11.6 Å². The van der Waals surface area contributed by atoms with E-state index >= 15 is 0 Å². The van der Waals surface area contributed by atoms with Crippen molar-refractivity contribution in [2.75, 3.05) is 25.0 Å². The summed E-state index contributed by atoms with van der Waals surface area (Å²) in [4.78, 5) is 29.7. The van der Waals surface area contributed by atoms with Crippen LogP contribution in [0.15, 0.2) is 47.1 Å². The molecule has 136 valence electrons. The van der Waals surface area contributed by atoms with Crippen LogP contribution < -0.4 is 15.4 Å². The molecule has 1 aliphatic heterocycles. The molecule has 0 unspecified atom stereocenters. The monoisotopic (exact) mass is 418 g/mol. The fourth-order valence-electron chi connectivity index (χ4n) is 2.58. The lowest BCUT2D eigenvalue weighted by molar-refractivity contribution is -0.128. The molecule has 0 spiro atoms. The van der Waals surface area contributed by atoms with Gasteiger partial charge in [-0.15, -0.1) is 0 Å². The van der Waals surface area contributed by atoms with Crippen molar-refractivity contribution in [3.05, 3.63) is 47.1 Å². The average molecular weight is 419 g/mol. The molecule has 0 bridgehead atoms. The molecule has 2 aromatic rings. The molecule has 0 aliphatic carbocycles. The molecule has 2 N–H and O–H groups in total. The SMILES string of the molecule is O=C(NCC(=O)N1CCCC1)Nc1ccc(Oc2cccc(Br)c2)nc1. The van der Waals surface area contributed by atoms with Gasteiger partial charge in [0.2, 0.25) is 11.8 Å². The molecular formula is C18H19BrN4O3. The van der Waals surface area contributed by atoms with Crippen LogP contribution in [0.3, 0.4) is 0 Å². The third-order valence-electron chi connectivity index (χ3n) is 3.87. The highest BCUT2D eigenvalue weighted by Gasteiger charge is 2.18. The molecular weight excluding hydrogens is 400 g/mol. The molecule has 1 aromatic carbocycles. The molecule has 1 aliphatic rings. The van der Waals surface area contributed by atoms with Crippen LogP contribution in [0.25, 0.3) is 0 Å². The molecule has 1 fully saturated rings. The van der Waals surface area contributed by atoms with Crippen molar-refractivity contribution in [2.24, 2.45) is 0 Å². The summed E-state index contributed by atoms with van der Waals surface area (Å²) in [7, 11) is 0. The zero-order chi connectivity index (χ0) is 18.4. The lowest BCUT2D eigenvalue weighted by atomic mass is 10.3. The van der Waals surface area contributed by atoms with Crippen LogP contribution >= 0.6 is 15.9 Å². The van der Waals surface area contributed by atoms with E-state index in [1.165, 1.54) is 6.20 Å². The van der Waals surface area contributed by atoms with Crippen molar-refractivity contribution in [1.29, 1.82) is 0 Å². The predicted molar refractivity (Wildman–Crippen MR) is 101 cm³/mol. The molecule has 0 radical (unpaired) electrons. The molecule has 8 heteroatoms. The molecule has 1 aromatic heterocycles. The second-order valence-electron chi connectivity index (χ2n) is 5.84. The van der Waals surface area contributed by atoms with Crippen molar-refractivity contribution in [3.8, 4) is 11.6 Å². The van der Waals surface area contributed by atoms with Gasteiger partial charge in [0.15, 0.2) is 0 Å². The molecule has 0 atom stereocenters. The second-order valence-corrected chi connectivity index (χ2v) is 6.76. The summed E-state index contributed by atoms with van der Waals surface area (Å²) in [5.41, 5.74) is 0.512. The van der Waals surface area contributed by atoms with E-state index < -0.39 is 6.03 Å². The number of rotatable bonds is 5. The molecule has 26 heavy (non-hydrogen) atoms. The number of likely N-dealkylation sites (tertiary alicyclic amines) is 1. The van der Waals surface area contributed by atoms with E-state index in [4.69, 9.17) is 4.74 Å². The van der Waals surface area contributed by atoms with Crippen LogP contribution in [0.2, 0.25) is 0 Å². The fourth-order valence-corrected chi connectivity index (χ4v) is 2.95. The van der Waals surface area contributed by atoms with Crippen LogP contribution in [0.1, 0.15) is 12.8 Å². The minimum Gasteiger partial charge on any atom is -0.439 e. The minimum atomic E-state index is -0.444. The van der Waals surface area contributed by atoms with Gasteiger partial charge in [0.25, 0.3) is 0 Å². The number of hydrogen-bond acceptors (Lipinski definition) is 4. The zero-order valence-corrected chi connectivity index (χ0v) is 15.7. The fraction of sp³-hybridized carbons (Fsp3) is 0.278. The Balaban J connectivity index is 1.47. The Hall–Kier alpha value is -2.61. The number of carbonyl (C=O) groups excluding carboxylic acids is 2. The number of hydrogen-bond donors (Lipinski definition) is 2. The number of amides is 3. The summed E-state index contributed by atoms with van der Waals surface area (Å²) < 4.78 is 6.55. The Kier molecular flexibility index (Phi) is 6.06. The first-order valence-electron chi connectivity index (χ1n) is 8.32. The third kappa shape index (κ3) is 5.19. The highest BCUT2D eigenvalue weighted by Crippen LogP contribution is 2.23. The molecule has 0 saturated carbocycles. The zero-order valence-electron chi connectivity index (χ0n) is 14.1. The van der Waals surface area contributed by atoms with E-state index in [-0.39, 0.29) is 12.5 Å². The number of nitrogens with one attached hydrogen (secondary N) is 2. The van der Waals surface area contributed by atoms with Gasteiger partial charge >= 0.3 is 6.03 Å². The Morgan fingerprint density at radius 2 is 2.00 bits per heavy atom. The number of pyridine rings is 1. The number of urea groups is 1. The second kappa shape index (κ2) is 8.66. The Morgan fingerprint density at radius 3 is 2.69 bits per heavy atom. The van der Waals surface area contributed by atoms with Gasteiger partial charge in [0.05, 0.1) is 18.4 Å². The topological polar surface area (TPSA) is 83.6 Å². The maximum atomic E-state index is 11.9. The lowest BCUT2D eigenvalue weighted by Gasteiger charge is -2.15. The van der Waals surface area contributed by atoms with Crippen molar-refractivity contribution >= 4 is 33.6 Å². The van der Waals surface area contributed by atoms with Gasteiger partial charge in [-0.25, -0.2) is 9.78 Å². The number of halogens is 1. The van der Waals surface area contributed by atoms with Crippen molar-refractivity contribution in [1.82, 2.24) is 15.2 Å². The number of benzene rings is 1. The highest BCUT2D eigenvalue weighted by atomic mass is 79.9. The molecule has 3 amide bonds. The number of ether oxygens (including phenoxy) is 1. The first-order valence-corrected chi connectivity index (χ1v) is 9.11. The van der Waals surface area contributed by atoms with Crippen LogP contribution in [0, 0.1) is 0 Å². The van der Waals surface area contributed by atoms with Crippen LogP contribution in [-0.4, -0.2) is 41.5 Å².